The number of piperidine rings is 1. The Balaban J connectivity index is 1.24. The van der Waals surface area contributed by atoms with E-state index in [0.29, 0.717) is 5.92 Å². The Labute approximate surface area is 184 Å². The van der Waals surface area contributed by atoms with Gasteiger partial charge in [-0.25, -0.2) is 4.98 Å². The maximum absolute atomic E-state index is 13.2. The van der Waals surface area contributed by atoms with Crippen molar-refractivity contribution in [1.29, 1.82) is 0 Å². The summed E-state index contributed by atoms with van der Waals surface area (Å²) >= 11 is 0. The van der Waals surface area contributed by atoms with Crippen LogP contribution in [0.2, 0.25) is 0 Å². The number of aromatic nitrogens is 2. The Morgan fingerprint density at radius 2 is 1.94 bits per heavy atom. The smallest absolute Gasteiger partial charge is 0.253 e. The van der Waals surface area contributed by atoms with Crippen molar-refractivity contribution >= 4 is 16.9 Å². The quantitative estimate of drug-likeness (QED) is 0.664. The minimum atomic E-state index is 0.148. The SMILES string of the molecule is CC(C)c1ccc(CN2CCC[C@]3(CCN(C(=O)c4ccc5nc[nH]c5c4)C3)C2)cc1. The Hall–Kier alpha value is -2.66. The average Bonchev–Trinajstić information content (AvgIpc) is 3.40. The van der Waals surface area contributed by atoms with Gasteiger partial charge in [0.2, 0.25) is 0 Å². The Bertz CT molecular complexity index is 1070. The van der Waals surface area contributed by atoms with Gasteiger partial charge in [-0.15, -0.1) is 0 Å². The van der Waals surface area contributed by atoms with E-state index in [9.17, 15) is 4.79 Å². The zero-order valence-electron chi connectivity index (χ0n) is 18.6. The second-order valence-corrected chi connectivity index (χ2v) is 9.82. The number of fused-ring (bicyclic) bond motifs is 1. The lowest BCUT2D eigenvalue weighted by atomic mass is 9.79. The predicted molar refractivity (Wildman–Crippen MR) is 124 cm³/mol. The number of hydrogen-bond donors (Lipinski definition) is 1. The molecule has 2 aliphatic heterocycles. The number of carbonyl (C=O) groups is 1. The molecule has 3 aromatic rings. The first kappa shape index (κ1) is 20.3. The van der Waals surface area contributed by atoms with Gasteiger partial charge in [-0.3, -0.25) is 9.69 Å². The van der Waals surface area contributed by atoms with E-state index in [0.717, 1.165) is 55.7 Å². The van der Waals surface area contributed by atoms with Crippen LogP contribution in [-0.4, -0.2) is 51.9 Å². The second kappa shape index (κ2) is 8.12. The third-order valence-electron chi connectivity index (χ3n) is 7.19. The molecule has 0 radical (unpaired) electrons. The highest BCUT2D eigenvalue weighted by molar-refractivity contribution is 5.97. The maximum Gasteiger partial charge on any atom is 0.253 e. The van der Waals surface area contributed by atoms with Gasteiger partial charge in [0, 0.05) is 37.2 Å². The third kappa shape index (κ3) is 4.11. The van der Waals surface area contributed by atoms with Crippen LogP contribution >= 0.6 is 0 Å². The molecule has 1 amide bonds. The van der Waals surface area contributed by atoms with Gasteiger partial charge in [-0.05, 0) is 61.1 Å². The molecule has 5 nitrogen and oxygen atoms in total. The number of amides is 1. The number of aromatic amines is 1. The molecule has 5 rings (SSSR count). The zero-order chi connectivity index (χ0) is 21.4. The van der Waals surface area contributed by atoms with Crippen molar-refractivity contribution in [3.8, 4) is 0 Å². The first-order chi connectivity index (χ1) is 15.0. The van der Waals surface area contributed by atoms with Gasteiger partial charge >= 0.3 is 0 Å². The van der Waals surface area contributed by atoms with E-state index in [1.54, 1.807) is 6.33 Å². The lowest BCUT2D eigenvalue weighted by Gasteiger charge is -2.40. The lowest BCUT2D eigenvalue weighted by Crippen LogP contribution is -2.45. The second-order valence-electron chi connectivity index (χ2n) is 9.82. The number of imidazole rings is 1. The maximum atomic E-state index is 13.2. The summed E-state index contributed by atoms with van der Waals surface area (Å²) in [5.41, 5.74) is 5.61. The van der Waals surface area contributed by atoms with E-state index < -0.39 is 0 Å². The summed E-state index contributed by atoms with van der Waals surface area (Å²) in [5, 5.41) is 0. The molecular weight excluding hydrogens is 384 g/mol. The zero-order valence-corrected chi connectivity index (χ0v) is 18.6. The average molecular weight is 417 g/mol. The highest BCUT2D eigenvalue weighted by atomic mass is 16.2. The summed E-state index contributed by atoms with van der Waals surface area (Å²) in [4.78, 5) is 25.2. The fourth-order valence-corrected chi connectivity index (χ4v) is 5.40. The summed E-state index contributed by atoms with van der Waals surface area (Å²) < 4.78 is 0. The Morgan fingerprint density at radius 1 is 1.10 bits per heavy atom. The van der Waals surface area contributed by atoms with Crippen molar-refractivity contribution < 1.29 is 4.79 Å². The largest absolute Gasteiger partial charge is 0.345 e. The van der Waals surface area contributed by atoms with Crippen molar-refractivity contribution in [2.24, 2.45) is 5.41 Å². The molecule has 3 heterocycles. The van der Waals surface area contributed by atoms with Crippen molar-refractivity contribution in [2.45, 2.75) is 45.6 Å². The van der Waals surface area contributed by atoms with Gasteiger partial charge < -0.3 is 9.88 Å². The van der Waals surface area contributed by atoms with Crippen LogP contribution < -0.4 is 0 Å². The highest BCUT2D eigenvalue weighted by Gasteiger charge is 2.42. The number of H-pyrrole nitrogens is 1. The molecule has 1 spiro atoms. The predicted octanol–water partition coefficient (Wildman–Crippen LogP) is 4.81. The van der Waals surface area contributed by atoms with Gasteiger partial charge in [-0.1, -0.05) is 38.1 Å². The fourth-order valence-electron chi connectivity index (χ4n) is 5.40. The molecule has 0 saturated carbocycles. The number of rotatable bonds is 4. The van der Waals surface area contributed by atoms with Crippen LogP contribution in [0.1, 0.15) is 60.5 Å². The molecule has 5 heteroatoms. The molecule has 0 bridgehead atoms. The summed E-state index contributed by atoms with van der Waals surface area (Å²) in [6.45, 7) is 9.45. The number of likely N-dealkylation sites (tertiary alicyclic amines) is 2. The molecule has 1 aromatic heterocycles. The van der Waals surface area contributed by atoms with E-state index in [2.05, 4.69) is 57.9 Å². The Kier molecular flexibility index (Phi) is 5.30. The molecule has 2 aliphatic rings. The number of nitrogens with zero attached hydrogens (tertiary/aromatic N) is 3. The third-order valence-corrected chi connectivity index (χ3v) is 7.19. The van der Waals surface area contributed by atoms with Crippen molar-refractivity contribution in [1.82, 2.24) is 19.8 Å². The number of benzene rings is 2. The molecule has 1 N–H and O–H groups in total. The minimum Gasteiger partial charge on any atom is -0.345 e. The Morgan fingerprint density at radius 3 is 2.74 bits per heavy atom. The van der Waals surface area contributed by atoms with Crippen LogP contribution in [0, 0.1) is 5.41 Å². The summed E-state index contributed by atoms with van der Waals surface area (Å²) in [7, 11) is 0. The number of hydrogen-bond acceptors (Lipinski definition) is 3. The molecule has 2 fully saturated rings. The molecule has 31 heavy (non-hydrogen) atoms. The molecule has 2 saturated heterocycles. The summed E-state index contributed by atoms with van der Waals surface area (Å²) in [6, 6.07) is 14.9. The van der Waals surface area contributed by atoms with E-state index in [1.165, 1.54) is 24.0 Å². The normalized spacial score (nSPS) is 22.1. The van der Waals surface area contributed by atoms with Crippen LogP contribution in [0.25, 0.3) is 11.0 Å². The first-order valence-electron chi connectivity index (χ1n) is 11.5. The van der Waals surface area contributed by atoms with Crippen molar-refractivity contribution in [2.75, 3.05) is 26.2 Å². The first-order valence-corrected chi connectivity index (χ1v) is 11.5. The summed E-state index contributed by atoms with van der Waals surface area (Å²) in [5.74, 6) is 0.720. The summed E-state index contributed by atoms with van der Waals surface area (Å²) in [6.07, 6.45) is 5.22. The van der Waals surface area contributed by atoms with Crippen molar-refractivity contribution in [3.63, 3.8) is 0 Å². The molecular formula is C26H32N4O. The highest BCUT2D eigenvalue weighted by Crippen LogP contribution is 2.40. The van der Waals surface area contributed by atoms with E-state index >= 15 is 0 Å². The van der Waals surface area contributed by atoms with Gasteiger partial charge in [0.25, 0.3) is 5.91 Å². The topological polar surface area (TPSA) is 52.2 Å². The minimum absolute atomic E-state index is 0.148. The van der Waals surface area contributed by atoms with Crippen LogP contribution in [0.5, 0.6) is 0 Å². The van der Waals surface area contributed by atoms with Gasteiger partial charge in [-0.2, -0.15) is 0 Å². The molecule has 0 unspecified atom stereocenters. The van der Waals surface area contributed by atoms with Crippen LogP contribution in [0.15, 0.2) is 48.8 Å². The van der Waals surface area contributed by atoms with Gasteiger partial charge in [0.05, 0.1) is 17.4 Å². The molecule has 0 aliphatic carbocycles. The number of carbonyl (C=O) groups excluding carboxylic acids is 1. The number of nitrogens with one attached hydrogen (secondary N) is 1. The lowest BCUT2D eigenvalue weighted by molar-refractivity contribution is 0.0675. The molecule has 2 aromatic carbocycles. The van der Waals surface area contributed by atoms with Crippen LogP contribution in [0.3, 0.4) is 0 Å². The van der Waals surface area contributed by atoms with E-state index in [1.807, 2.05) is 18.2 Å². The van der Waals surface area contributed by atoms with E-state index in [4.69, 9.17) is 0 Å². The van der Waals surface area contributed by atoms with Gasteiger partial charge in [0.1, 0.15) is 0 Å². The van der Waals surface area contributed by atoms with Gasteiger partial charge in [0.15, 0.2) is 0 Å². The van der Waals surface area contributed by atoms with Crippen molar-refractivity contribution in [3.05, 3.63) is 65.5 Å². The molecule has 162 valence electrons. The standard InChI is InChI=1S/C26H32N4O/c1-19(2)21-6-4-20(5-7-21)15-29-12-3-10-26(16-29)11-13-30(17-26)25(31)22-8-9-23-24(14-22)28-18-27-23/h4-9,14,18-19H,3,10-13,15-17H2,1-2H3,(H,27,28)/t26-/m0/s1. The van der Waals surface area contributed by atoms with Crippen LogP contribution in [0.4, 0.5) is 0 Å². The molecule has 1 atom stereocenters. The van der Waals surface area contributed by atoms with Crippen LogP contribution in [-0.2, 0) is 6.54 Å². The monoisotopic (exact) mass is 416 g/mol. The fraction of sp³-hybridized carbons (Fsp3) is 0.462. The van der Waals surface area contributed by atoms with E-state index in [-0.39, 0.29) is 11.3 Å².